The summed E-state index contributed by atoms with van der Waals surface area (Å²) in [5, 5.41) is 7.29. The van der Waals surface area contributed by atoms with Crippen LogP contribution in [0.5, 0.6) is 5.75 Å². The molecule has 21 heavy (non-hydrogen) atoms. The number of ether oxygens (including phenoxy) is 1. The van der Waals surface area contributed by atoms with Gasteiger partial charge in [0.05, 0.1) is 24.8 Å². The number of anilines is 1. The Kier molecular flexibility index (Phi) is 2.63. The monoisotopic (exact) mass is 283 g/mol. The number of hydrogen-bond donors (Lipinski definition) is 1. The van der Waals surface area contributed by atoms with Gasteiger partial charge in [0, 0.05) is 7.05 Å². The minimum absolute atomic E-state index is 0.297. The van der Waals surface area contributed by atoms with Gasteiger partial charge < -0.3 is 19.1 Å². The van der Waals surface area contributed by atoms with Crippen LogP contribution in [0.4, 0.5) is 5.69 Å². The summed E-state index contributed by atoms with van der Waals surface area (Å²) in [7, 11) is 1.88. The summed E-state index contributed by atoms with van der Waals surface area (Å²) in [5.41, 5.74) is 1.77. The molecule has 7 heteroatoms. The van der Waals surface area contributed by atoms with Crippen molar-refractivity contribution in [1.82, 2.24) is 19.7 Å². The van der Waals surface area contributed by atoms with Crippen molar-refractivity contribution < 1.29 is 9.26 Å². The molecule has 7 nitrogen and oxygen atoms in total. The van der Waals surface area contributed by atoms with Crippen LogP contribution < -0.4 is 10.1 Å². The predicted octanol–water partition coefficient (Wildman–Crippen LogP) is 2.02. The number of rotatable bonds is 2. The highest BCUT2D eigenvalue weighted by molar-refractivity contribution is 5.58. The maximum absolute atomic E-state index is 5.90. The number of hydrogen-bond acceptors (Lipinski definition) is 6. The Balaban J connectivity index is 1.61. The topological polar surface area (TPSA) is 78.0 Å². The van der Waals surface area contributed by atoms with Crippen molar-refractivity contribution in [1.29, 1.82) is 0 Å². The Morgan fingerprint density at radius 2 is 2.24 bits per heavy atom. The molecule has 1 aromatic carbocycles. The summed E-state index contributed by atoms with van der Waals surface area (Å²) in [6, 6.07) is 7.77. The van der Waals surface area contributed by atoms with Crippen LogP contribution in [-0.4, -0.2) is 26.2 Å². The fourth-order valence-electron chi connectivity index (χ4n) is 2.29. The minimum Gasteiger partial charge on any atom is -0.477 e. The van der Waals surface area contributed by atoms with Gasteiger partial charge in [0.25, 0.3) is 5.89 Å². The first kappa shape index (κ1) is 12.0. The van der Waals surface area contributed by atoms with E-state index in [0.717, 1.165) is 17.1 Å². The third-order valence-corrected chi connectivity index (χ3v) is 3.40. The van der Waals surface area contributed by atoms with Crippen LogP contribution >= 0.6 is 0 Å². The van der Waals surface area contributed by atoms with Gasteiger partial charge in [0.2, 0.25) is 5.82 Å². The van der Waals surface area contributed by atoms with E-state index in [1.54, 1.807) is 12.5 Å². The molecule has 0 saturated heterocycles. The normalized spacial score (nSPS) is 16.9. The lowest BCUT2D eigenvalue weighted by molar-refractivity contribution is 0.163. The molecule has 3 heterocycles. The zero-order valence-electron chi connectivity index (χ0n) is 11.4. The van der Waals surface area contributed by atoms with Crippen molar-refractivity contribution in [3.8, 4) is 17.3 Å². The van der Waals surface area contributed by atoms with E-state index in [1.165, 1.54) is 0 Å². The molecule has 106 valence electrons. The van der Waals surface area contributed by atoms with E-state index >= 15 is 0 Å². The van der Waals surface area contributed by atoms with Crippen LogP contribution in [0.25, 0.3) is 11.5 Å². The average Bonchev–Trinajstić information content (AvgIpc) is 3.15. The number of nitrogens with one attached hydrogen (secondary N) is 1. The predicted molar refractivity (Wildman–Crippen MR) is 74.8 cm³/mol. The zero-order chi connectivity index (χ0) is 14.2. The quantitative estimate of drug-likeness (QED) is 0.775. The summed E-state index contributed by atoms with van der Waals surface area (Å²) in [4.78, 5) is 8.45. The van der Waals surface area contributed by atoms with Gasteiger partial charge >= 0.3 is 0 Å². The van der Waals surface area contributed by atoms with Crippen LogP contribution in [0.1, 0.15) is 12.0 Å². The maximum atomic E-state index is 5.90. The van der Waals surface area contributed by atoms with E-state index < -0.39 is 0 Å². The van der Waals surface area contributed by atoms with Gasteiger partial charge in [-0.3, -0.25) is 0 Å². The van der Waals surface area contributed by atoms with Gasteiger partial charge in [-0.2, -0.15) is 4.98 Å². The highest BCUT2D eigenvalue weighted by Crippen LogP contribution is 2.33. The molecule has 2 aromatic heterocycles. The van der Waals surface area contributed by atoms with E-state index in [0.29, 0.717) is 18.3 Å². The molecule has 0 amide bonds. The number of imidazole rings is 1. The molecule has 0 saturated carbocycles. The first-order chi connectivity index (χ1) is 10.3. The second-order valence-electron chi connectivity index (χ2n) is 4.83. The molecule has 1 aliphatic heterocycles. The lowest BCUT2D eigenvalue weighted by Crippen LogP contribution is -2.23. The molecular formula is C14H13N5O2. The second kappa shape index (κ2) is 4.62. The highest BCUT2D eigenvalue weighted by atomic mass is 16.5. The van der Waals surface area contributed by atoms with Crippen LogP contribution in [0.2, 0.25) is 0 Å². The molecular weight excluding hydrogens is 270 g/mol. The SMILES string of the molecule is Cn1cncc1-c1noc(C2CNc3ccccc3O2)n1. The number of para-hydroxylation sites is 2. The molecule has 0 bridgehead atoms. The van der Waals surface area contributed by atoms with E-state index in [9.17, 15) is 0 Å². The fraction of sp³-hybridized carbons (Fsp3) is 0.214. The number of nitrogens with zero attached hydrogens (tertiary/aromatic N) is 4. The van der Waals surface area contributed by atoms with Crippen molar-refractivity contribution in [3.05, 3.63) is 42.7 Å². The Hall–Kier alpha value is -2.83. The van der Waals surface area contributed by atoms with Gasteiger partial charge in [0.1, 0.15) is 11.4 Å². The Labute approximate surface area is 120 Å². The average molecular weight is 283 g/mol. The Morgan fingerprint density at radius 3 is 3.10 bits per heavy atom. The molecule has 0 radical (unpaired) electrons. The van der Waals surface area contributed by atoms with Crippen molar-refractivity contribution in [2.75, 3.05) is 11.9 Å². The molecule has 1 unspecified atom stereocenters. The van der Waals surface area contributed by atoms with Crippen LogP contribution in [-0.2, 0) is 7.05 Å². The van der Waals surface area contributed by atoms with Gasteiger partial charge in [-0.15, -0.1) is 0 Å². The van der Waals surface area contributed by atoms with Crippen LogP contribution in [0, 0.1) is 0 Å². The molecule has 1 N–H and O–H groups in total. The lowest BCUT2D eigenvalue weighted by Gasteiger charge is -2.24. The maximum Gasteiger partial charge on any atom is 0.269 e. The van der Waals surface area contributed by atoms with Gasteiger partial charge in [-0.05, 0) is 12.1 Å². The highest BCUT2D eigenvalue weighted by Gasteiger charge is 2.26. The van der Waals surface area contributed by atoms with Gasteiger partial charge in [-0.1, -0.05) is 17.3 Å². The summed E-state index contributed by atoms with van der Waals surface area (Å²) in [6.45, 7) is 0.587. The van der Waals surface area contributed by atoms with E-state index in [4.69, 9.17) is 9.26 Å². The molecule has 3 aromatic rings. The summed E-state index contributed by atoms with van der Waals surface area (Å²) < 4.78 is 13.1. The standard InChI is InChI=1S/C14H13N5O2/c1-19-8-15-6-10(19)13-17-14(21-18-13)12-7-16-9-4-2-3-5-11(9)20-12/h2-6,8,12,16H,7H2,1H3. The minimum atomic E-state index is -0.297. The van der Waals surface area contributed by atoms with Crippen molar-refractivity contribution in [2.24, 2.45) is 7.05 Å². The lowest BCUT2D eigenvalue weighted by atomic mass is 10.2. The Morgan fingerprint density at radius 1 is 1.33 bits per heavy atom. The van der Waals surface area contributed by atoms with Crippen molar-refractivity contribution >= 4 is 5.69 Å². The van der Waals surface area contributed by atoms with E-state index in [1.807, 2.05) is 35.9 Å². The zero-order valence-corrected chi connectivity index (χ0v) is 11.4. The molecule has 4 rings (SSSR count). The van der Waals surface area contributed by atoms with E-state index in [2.05, 4.69) is 20.4 Å². The first-order valence-corrected chi connectivity index (χ1v) is 6.61. The molecule has 0 spiro atoms. The summed E-state index contributed by atoms with van der Waals surface area (Å²) >= 11 is 0. The number of aromatic nitrogens is 4. The van der Waals surface area contributed by atoms with Crippen molar-refractivity contribution in [2.45, 2.75) is 6.10 Å². The second-order valence-corrected chi connectivity index (χ2v) is 4.83. The molecule has 0 fully saturated rings. The largest absolute Gasteiger partial charge is 0.477 e. The van der Waals surface area contributed by atoms with E-state index in [-0.39, 0.29) is 6.10 Å². The number of fused-ring (bicyclic) bond motifs is 1. The first-order valence-electron chi connectivity index (χ1n) is 6.61. The third-order valence-electron chi connectivity index (χ3n) is 3.40. The Bertz CT molecular complexity index is 779. The van der Waals surface area contributed by atoms with Crippen LogP contribution in [0.15, 0.2) is 41.3 Å². The fourth-order valence-corrected chi connectivity index (χ4v) is 2.29. The van der Waals surface area contributed by atoms with Crippen LogP contribution in [0.3, 0.4) is 0 Å². The molecule has 0 aliphatic carbocycles. The van der Waals surface area contributed by atoms with Gasteiger partial charge in [0.15, 0.2) is 6.10 Å². The third kappa shape index (κ3) is 2.03. The number of aryl methyl sites for hydroxylation is 1. The number of benzene rings is 1. The van der Waals surface area contributed by atoms with Gasteiger partial charge in [-0.25, -0.2) is 4.98 Å². The smallest absolute Gasteiger partial charge is 0.269 e. The summed E-state index contributed by atoms with van der Waals surface area (Å²) in [5.74, 6) is 1.75. The molecule has 1 atom stereocenters. The van der Waals surface area contributed by atoms with Crippen molar-refractivity contribution in [3.63, 3.8) is 0 Å². The summed E-state index contributed by atoms with van der Waals surface area (Å²) in [6.07, 6.45) is 3.10. The molecule has 1 aliphatic rings.